The number of ether oxygens (including phenoxy) is 1. The first-order valence-corrected chi connectivity index (χ1v) is 12.9. The lowest BCUT2D eigenvalue weighted by atomic mass is 9.82. The van der Waals surface area contributed by atoms with E-state index in [9.17, 15) is 29.4 Å². The third-order valence-corrected chi connectivity index (χ3v) is 7.76. The number of hydrogen-bond acceptors (Lipinski definition) is 7. The van der Waals surface area contributed by atoms with Gasteiger partial charge in [-0.2, -0.15) is 0 Å². The van der Waals surface area contributed by atoms with E-state index in [2.05, 4.69) is 5.32 Å². The van der Waals surface area contributed by atoms with Crippen LogP contribution in [-0.4, -0.2) is 57.7 Å². The number of anilines is 2. The molecule has 0 aromatic heterocycles. The maximum absolute atomic E-state index is 13.1. The second-order valence-electron chi connectivity index (χ2n) is 10.2. The van der Waals surface area contributed by atoms with Crippen LogP contribution in [0.4, 0.5) is 11.4 Å². The van der Waals surface area contributed by atoms with Crippen LogP contribution in [0, 0.1) is 5.92 Å². The van der Waals surface area contributed by atoms with Crippen LogP contribution in [0.2, 0.25) is 0 Å². The summed E-state index contributed by atoms with van der Waals surface area (Å²) < 4.78 is 5.18. The number of rotatable bonds is 7. The van der Waals surface area contributed by atoms with Gasteiger partial charge >= 0.3 is 5.97 Å². The van der Waals surface area contributed by atoms with Crippen molar-refractivity contribution in [1.82, 2.24) is 4.90 Å². The summed E-state index contributed by atoms with van der Waals surface area (Å²) in [5.41, 5.74) is 1.34. The van der Waals surface area contributed by atoms with Gasteiger partial charge < -0.3 is 25.2 Å². The van der Waals surface area contributed by atoms with Crippen molar-refractivity contribution in [2.24, 2.45) is 5.92 Å². The summed E-state index contributed by atoms with van der Waals surface area (Å²) in [6.07, 6.45) is 3.20. The first kappa shape index (κ1) is 26.6. The van der Waals surface area contributed by atoms with Gasteiger partial charge in [0, 0.05) is 42.7 Å². The lowest BCUT2D eigenvalue weighted by Crippen LogP contribution is -2.55. The highest BCUT2D eigenvalue weighted by molar-refractivity contribution is 6.07. The molecule has 3 aliphatic heterocycles. The van der Waals surface area contributed by atoms with Crippen molar-refractivity contribution in [3.8, 4) is 0 Å². The van der Waals surface area contributed by atoms with Gasteiger partial charge in [0.2, 0.25) is 11.8 Å². The zero-order valence-electron chi connectivity index (χ0n) is 21.8. The smallest absolute Gasteiger partial charge is 0.304 e. The lowest BCUT2D eigenvalue weighted by molar-refractivity contribution is -0.154. The number of aliphatic hydroxyl groups is 2. The van der Waals surface area contributed by atoms with Gasteiger partial charge in [0.1, 0.15) is 0 Å². The van der Waals surface area contributed by atoms with Crippen LogP contribution in [0.25, 0.3) is 0 Å². The van der Waals surface area contributed by atoms with Crippen LogP contribution < -0.4 is 10.2 Å². The molecule has 10 heteroatoms. The number of carbonyl (C=O) groups is 4. The highest BCUT2D eigenvalue weighted by Gasteiger charge is 2.49. The fraction of sp³-hybridized carbons (Fsp3) is 0.379. The SMILES string of the molecule is CC(=O)OC1CC(=O)N1c1ccc2c(c1)[C@@](O)([C@H](C)/C=C/CC(=O)N1Cc3ccccc3C[C@H]1CO)C(=O)N2. The molecule has 4 atom stereocenters. The Balaban J connectivity index is 1.31. The molecule has 3 aliphatic rings. The number of aliphatic hydroxyl groups excluding tert-OH is 1. The molecule has 0 aliphatic carbocycles. The molecular weight excluding hydrogens is 502 g/mol. The third kappa shape index (κ3) is 4.70. The monoisotopic (exact) mass is 533 g/mol. The van der Waals surface area contributed by atoms with Gasteiger partial charge in [0.25, 0.3) is 5.91 Å². The molecule has 0 saturated carbocycles. The molecule has 10 nitrogen and oxygen atoms in total. The number of fused-ring (bicyclic) bond motifs is 2. The van der Waals surface area contributed by atoms with E-state index in [-0.39, 0.29) is 37.3 Å². The molecule has 0 spiro atoms. The topological polar surface area (TPSA) is 136 Å². The largest absolute Gasteiger partial charge is 0.441 e. The van der Waals surface area contributed by atoms with Crippen molar-refractivity contribution in [2.45, 2.75) is 57.5 Å². The van der Waals surface area contributed by atoms with Gasteiger partial charge in [-0.05, 0) is 35.7 Å². The van der Waals surface area contributed by atoms with Crippen LogP contribution in [0.5, 0.6) is 0 Å². The zero-order valence-corrected chi connectivity index (χ0v) is 21.8. The quantitative estimate of drug-likeness (QED) is 0.281. The Morgan fingerprint density at radius 3 is 2.62 bits per heavy atom. The molecule has 39 heavy (non-hydrogen) atoms. The fourth-order valence-electron chi connectivity index (χ4n) is 5.55. The minimum Gasteiger partial charge on any atom is -0.441 e. The summed E-state index contributed by atoms with van der Waals surface area (Å²) in [5, 5.41) is 24.1. The van der Waals surface area contributed by atoms with Gasteiger partial charge in [-0.1, -0.05) is 43.3 Å². The average Bonchev–Trinajstić information content (AvgIpc) is 3.17. The molecule has 0 radical (unpaired) electrons. The van der Waals surface area contributed by atoms with Crippen LogP contribution >= 0.6 is 0 Å². The molecule has 1 saturated heterocycles. The summed E-state index contributed by atoms with van der Waals surface area (Å²) in [5.74, 6) is -2.24. The molecule has 1 fully saturated rings. The average molecular weight is 534 g/mol. The van der Waals surface area contributed by atoms with Gasteiger partial charge in [0.05, 0.1) is 19.1 Å². The molecule has 2 aromatic carbocycles. The number of carbonyl (C=O) groups excluding carboxylic acids is 4. The Labute approximate surface area is 225 Å². The Bertz CT molecular complexity index is 1370. The molecule has 3 amide bonds. The van der Waals surface area contributed by atoms with E-state index in [1.54, 1.807) is 42.2 Å². The summed E-state index contributed by atoms with van der Waals surface area (Å²) >= 11 is 0. The molecule has 1 unspecified atom stereocenters. The number of esters is 1. The Kier molecular flexibility index (Phi) is 7.00. The molecule has 3 N–H and O–H groups in total. The van der Waals surface area contributed by atoms with Crippen LogP contribution in [0.15, 0.2) is 54.6 Å². The van der Waals surface area contributed by atoms with Gasteiger partial charge in [0.15, 0.2) is 11.8 Å². The second kappa shape index (κ2) is 10.3. The lowest BCUT2D eigenvalue weighted by Gasteiger charge is -2.39. The summed E-state index contributed by atoms with van der Waals surface area (Å²) in [6.45, 7) is 3.21. The molecule has 0 bridgehead atoms. The number of β-lactam (4-membered cyclic amide) rings is 1. The second-order valence-corrected chi connectivity index (χ2v) is 10.2. The number of hydrogen-bond donors (Lipinski definition) is 3. The van der Waals surface area contributed by atoms with Crippen LogP contribution in [-0.2, 0) is 42.5 Å². The van der Waals surface area contributed by atoms with Crippen LogP contribution in [0.3, 0.4) is 0 Å². The predicted molar refractivity (Wildman–Crippen MR) is 141 cm³/mol. The van der Waals surface area contributed by atoms with Crippen molar-refractivity contribution in [1.29, 1.82) is 0 Å². The standard InChI is InChI=1S/C29H31N3O7/c1-17(6-5-9-25(35)31-15-20-8-4-3-7-19(20)12-22(31)16-33)29(38)23-13-21(10-11-24(23)30-28(29)37)32-26(36)14-27(32)39-18(2)34/h3-8,10-11,13,17,22,27,33,38H,9,12,14-16H2,1-2H3,(H,30,37)/b6-5+/t17-,22+,27?,29+/m1/s1. The minimum atomic E-state index is -1.94. The highest BCUT2D eigenvalue weighted by Crippen LogP contribution is 2.44. The number of nitrogens with one attached hydrogen (secondary N) is 1. The first-order valence-electron chi connectivity index (χ1n) is 12.9. The summed E-state index contributed by atoms with van der Waals surface area (Å²) in [6, 6.07) is 12.3. The van der Waals surface area contributed by atoms with E-state index in [0.717, 1.165) is 11.1 Å². The van der Waals surface area contributed by atoms with E-state index >= 15 is 0 Å². The molecule has 3 heterocycles. The van der Waals surface area contributed by atoms with Crippen molar-refractivity contribution in [3.63, 3.8) is 0 Å². The zero-order chi connectivity index (χ0) is 27.9. The normalized spacial score (nSPS) is 24.6. The predicted octanol–water partition coefficient (Wildman–Crippen LogP) is 1.98. The van der Waals surface area contributed by atoms with Crippen molar-refractivity contribution < 1.29 is 34.1 Å². The van der Waals surface area contributed by atoms with E-state index in [1.807, 2.05) is 24.3 Å². The van der Waals surface area contributed by atoms with E-state index in [4.69, 9.17) is 4.74 Å². The maximum atomic E-state index is 13.1. The maximum Gasteiger partial charge on any atom is 0.304 e. The van der Waals surface area contributed by atoms with Crippen molar-refractivity contribution >= 4 is 35.1 Å². The third-order valence-electron chi connectivity index (χ3n) is 7.76. The molecule has 2 aromatic rings. The van der Waals surface area contributed by atoms with Gasteiger partial charge in [-0.3, -0.25) is 24.1 Å². The van der Waals surface area contributed by atoms with E-state index in [1.165, 1.54) is 11.8 Å². The van der Waals surface area contributed by atoms with E-state index in [0.29, 0.717) is 29.9 Å². The van der Waals surface area contributed by atoms with Crippen molar-refractivity contribution in [3.05, 3.63) is 71.3 Å². The van der Waals surface area contributed by atoms with Gasteiger partial charge in [-0.25, -0.2) is 0 Å². The van der Waals surface area contributed by atoms with Crippen LogP contribution in [0.1, 0.15) is 43.4 Å². The van der Waals surface area contributed by atoms with Crippen molar-refractivity contribution in [2.75, 3.05) is 16.8 Å². The highest BCUT2D eigenvalue weighted by atomic mass is 16.6. The van der Waals surface area contributed by atoms with Gasteiger partial charge in [-0.15, -0.1) is 0 Å². The van der Waals surface area contributed by atoms with E-state index < -0.39 is 29.6 Å². The molecular formula is C29H31N3O7. The Morgan fingerprint density at radius 1 is 1.18 bits per heavy atom. The molecule has 204 valence electrons. The summed E-state index contributed by atoms with van der Waals surface area (Å²) in [7, 11) is 0. The fourth-order valence-corrected chi connectivity index (χ4v) is 5.55. The number of amides is 3. The number of nitrogens with zero attached hydrogens (tertiary/aromatic N) is 2. The Morgan fingerprint density at radius 2 is 1.92 bits per heavy atom. The minimum absolute atomic E-state index is 0.0416. The number of benzene rings is 2. The first-order chi connectivity index (χ1) is 18.6. The molecule has 5 rings (SSSR count). The Hall–Kier alpha value is -4.02. The summed E-state index contributed by atoms with van der Waals surface area (Å²) in [4.78, 5) is 52.6.